The number of aliphatic carboxylic acids is 1. The molecule has 0 radical (unpaired) electrons. The summed E-state index contributed by atoms with van der Waals surface area (Å²) in [5.41, 5.74) is 2.27. The van der Waals surface area contributed by atoms with Crippen molar-refractivity contribution in [3.63, 3.8) is 0 Å². The minimum Gasteiger partial charge on any atom is -0.481 e. The van der Waals surface area contributed by atoms with E-state index in [1.165, 1.54) is 17.0 Å². The van der Waals surface area contributed by atoms with Gasteiger partial charge in [-0.25, -0.2) is 4.98 Å². The Balaban J connectivity index is 2.15. The average Bonchev–Trinajstić information content (AvgIpc) is 2.34. The first-order valence-electron chi connectivity index (χ1n) is 5.87. The SMILES string of the molecule is Cc1cc(=O)n(Cc2ccc(CC(=O)O)cc2)cn1. The van der Waals surface area contributed by atoms with E-state index in [0.717, 1.165) is 11.1 Å². The summed E-state index contributed by atoms with van der Waals surface area (Å²) in [5.74, 6) is -0.855. The quantitative estimate of drug-likeness (QED) is 0.895. The molecule has 5 nitrogen and oxygen atoms in total. The molecule has 0 aliphatic heterocycles. The molecule has 0 aliphatic carbocycles. The van der Waals surface area contributed by atoms with E-state index in [2.05, 4.69) is 4.98 Å². The molecule has 1 aromatic heterocycles. The molecule has 1 heterocycles. The van der Waals surface area contributed by atoms with Gasteiger partial charge in [0.15, 0.2) is 0 Å². The number of hydrogen-bond acceptors (Lipinski definition) is 3. The summed E-state index contributed by atoms with van der Waals surface area (Å²) in [6.45, 7) is 2.20. The van der Waals surface area contributed by atoms with E-state index in [-0.39, 0.29) is 12.0 Å². The number of carboxylic acid groups (broad SMARTS) is 1. The van der Waals surface area contributed by atoms with Crippen molar-refractivity contribution in [1.29, 1.82) is 0 Å². The lowest BCUT2D eigenvalue weighted by Gasteiger charge is -2.06. The lowest BCUT2D eigenvalue weighted by molar-refractivity contribution is -0.136. The van der Waals surface area contributed by atoms with Crippen molar-refractivity contribution in [3.8, 4) is 0 Å². The summed E-state index contributed by atoms with van der Waals surface area (Å²) in [6, 6.07) is 8.65. The first-order chi connectivity index (χ1) is 9.04. The summed E-state index contributed by atoms with van der Waals surface area (Å²) < 4.78 is 1.51. The zero-order valence-corrected chi connectivity index (χ0v) is 10.5. The molecule has 0 atom stereocenters. The van der Waals surface area contributed by atoms with E-state index >= 15 is 0 Å². The monoisotopic (exact) mass is 258 g/mol. The molecule has 0 saturated heterocycles. The first-order valence-corrected chi connectivity index (χ1v) is 5.87. The topological polar surface area (TPSA) is 72.2 Å². The van der Waals surface area contributed by atoms with Crippen LogP contribution in [0.15, 0.2) is 41.5 Å². The van der Waals surface area contributed by atoms with E-state index in [1.54, 1.807) is 19.1 Å². The number of nitrogens with zero attached hydrogens (tertiary/aromatic N) is 2. The van der Waals surface area contributed by atoms with Gasteiger partial charge >= 0.3 is 5.97 Å². The van der Waals surface area contributed by atoms with E-state index in [4.69, 9.17) is 5.11 Å². The molecule has 0 aliphatic rings. The summed E-state index contributed by atoms with van der Waals surface area (Å²) in [5, 5.41) is 8.68. The van der Waals surface area contributed by atoms with E-state index in [0.29, 0.717) is 12.2 Å². The third kappa shape index (κ3) is 3.51. The highest BCUT2D eigenvalue weighted by atomic mass is 16.4. The molecule has 1 N–H and O–H groups in total. The molecular weight excluding hydrogens is 244 g/mol. The second-order valence-corrected chi connectivity index (χ2v) is 4.38. The summed E-state index contributed by atoms with van der Waals surface area (Å²) in [4.78, 5) is 26.3. The number of carbonyl (C=O) groups is 1. The summed E-state index contributed by atoms with van der Waals surface area (Å²) in [6.07, 6.45) is 1.52. The van der Waals surface area contributed by atoms with Gasteiger partial charge in [0.1, 0.15) is 0 Å². The molecule has 0 amide bonds. The van der Waals surface area contributed by atoms with Crippen molar-refractivity contribution in [2.75, 3.05) is 0 Å². The summed E-state index contributed by atoms with van der Waals surface area (Å²) in [7, 11) is 0. The lowest BCUT2D eigenvalue weighted by atomic mass is 10.1. The largest absolute Gasteiger partial charge is 0.481 e. The smallest absolute Gasteiger partial charge is 0.307 e. The molecule has 1 aromatic carbocycles. The molecule has 2 rings (SSSR count). The van der Waals surface area contributed by atoms with Crippen LogP contribution in [0.4, 0.5) is 0 Å². The standard InChI is InChI=1S/C14H14N2O3/c1-10-6-13(17)16(9-15-10)8-12-4-2-11(3-5-12)7-14(18)19/h2-6,9H,7-8H2,1H3,(H,18,19). The highest BCUT2D eigenvalue weighted by Crippen LogP contribution is 2.06. The van der Waals surface area contributed by atoms with Crippen LogP contribution in [-0.2, 0) is 17.8 Å². The van der Waals surface area contributed by atoms with Crippen molar-refractivity contribution >= 4 is 5.97 Å². The van der Waals surface area contributed by atoms with Crippen LogP contribution in [0, 0.1) is 6.92 Å². The molecule has 0 bridgehead atoms. The van der Waals surface area contributed by atoms with Crippen LogP contribution < -0.4 is 5.56 Å². The predicted molar refractivity (Wildman–Crippen MR) is 70.1 cm³/mol. The second-order valence-electron chi connectivity index (χ2n) is 4.38. The van der Waals surface area contributed by atoms with Crippen molar-refractivity contribution in [2.24, 2.45) is 0 Å². The Labute approximate surface area is 110 Å². The molecule has 2 aromatic rings. The van der Waals surface area contributed by atoms with Gasteiger partial charge in [0.2, 0.25) is 0 Å². The fourth-order valence-corrected chi connectivity index (χ4v) is 1.77. The Morgan fingerprint density at radius 1 is 1.26 bits per heavy atom. The second kappa shape index (κ2) is 5.48. The molecule has 0 spiro atoms. The molecule has 19 heavy (non-hydrogen) atoms. The Hall–Kier alpha value is -2.43. The number of hydrogen-bond donors (Lipinski definition) is 1. The zero-order chi connectivity index (χ0) is 13.8. The van der Waals surface area contributed by atoms with Crippen molar-refractivity contribution in [2.45, 2.75) is 19.9 Å². The first kappa shape index (κ1) is 13.0. The van der Waals surface area contributed by atoms with Gasteiger partial charge in [0.05, 0.1) is 19.3 Å². The van der Waals surface area contributed by atoms with Crippen LogP contribution in [0.1, 0.15) is 16.8 Å². The van der Waals surface area contributed by atoms with Gasteiger partial charge in [-0.1, -0.05) is 24.3 Å². The van der Waals surface area contributed by atoms with Crippen molar-refractivity contribution in [3.05, 3.63) is 63.8 Å². The number of rotatable bonds is 4. The molecule has 0 fully saturated rings. The molecular formula is C14H14N2O3. The number of carboxylic acids is 1. The van der Waals surface area contributed by atoms with Crippen LogP contribution in [0.3, 0.4) is 0 Å². The zero-order valence-electron chi connectivity index (χ0n) is 10.5. The highest BCUT2D eigenvalue weighted by molar-refractivity contribution is 5.70. The van der Waals surface area contributed by atoms with Crippen LogP contribution in [-0.4, -0.2) is 20.6 Å². The van der Waals surface area contributed by atoms with Gasteiger partial charge in [0.25, 0.3) is 5.56 Å². The minimum absolute atomic E-state index is 0.00627. The van der Waals surface area contributed by atoms with Gasteiger partial charge < -0.3 is 5.11 Å². The highest BCUT2D eigenvalue weighted by Gasteiger charge is 2.02. The minimum atomic E-state index is -0.855. The predicted octanol–water partition coefficient (Wildman–Crippen LogP) is 1.23. The Morgan fingerprint density at radius 3 is 2.47 bits per heavy atom. The van der Waals surface area contributed by atoms with E-state index in [9.17, 15) is 9.59 Å². The van der Waals surface area contributed by atoms with Gasteiger partial charge in [-0.05, 0) is 18.1 Å². The Bertz CT molecular complexity index is 644. The van der Waals surface area contributed by atoms with Gasteiger partial charge in [-0.3, -0.25) is 14.2 Å². The maximum Gasteiger partial charge on any atom is 0.307 e. The molecule has 0 unspecified atom stereocenters. The average molecular weight is 258 g/mol. The number of aromatic nitrogens is 2. The fourth-order valence-electron chi connectivity index (χ4n) is 1.77. The van der Waals surface area contributed by atoms with Crippen LogP contribution in [0.25, 0.3) is 0 Å². The number of aryl methyl sites for hydroxylation is 1. The Kier molecular flexibility index (Phi) is 3.75. The van der Waals surface area contributed by atoms with E-state index in [1.807, 2.05) is 12.1 Å². The molecule has 98 valence electrons. The maximum absolute atomic E-state index is 11.7. The lowest BCUT2D eigenvalue weighted by Crippen LogP contribution is -2.20. The van der Waals surface area contributed by atoms with Gasteiger partial charge in [-0.2, -0.15) is 0 Å². The summed E-state index contributed by atoms with van der Waals surface area (Å²) >= 11 is 0. The Morgan fingerprint density at radius 2 is 1.89 bits per heavy atom. The van der Waals surface area contributed by atoms with Crippen molar-refractivity contribution < 1.29 is 9.90 Å². The molecule has 0 saturated carbocycles. The third-order valence-electron chi connectivity index (χ3n) is 2.75. The fraction of sp³-hybridized carbons (Fsp3) is 0.214. The third-order valence-corrected chi connectivity index (χ3v) is 2.75. The van der Waals surface area contributed by atoms with Gasteiger partial charge in [-0.15, -0.1) is 0 Å². The van der Waals surface area contributed by atoms with Crippen molar-refractivity contribution in [1.82, 2.24) is 9.55 Å². The van der Waals surface area contributed by atoms with Crippen LogP contribution in [0.5, 0.6) is 0 Å². The van der Waals surface area contributed by atoms with Gasteiger partial charge in [0, 0.05) is 11.8 Å². The van der Waals surface area contributed by atoms with Crippen LogP contribution in [0.2, 0.25) is 0 Å². The molecule has 5 heteroatoms. The van der Waals surface area contributed by atoms with E-state index < -0.39 is 5.97 Å². The maximum atomic E-state index is 11.7. The normalized spacial score (nSPS) is 10.4. The number of benzene rings is 1. The van der Waals surface area contributed by atoms with Crippen LogP contribution >= 0.6 is 0 Å².